The van der Waals surface area contributed by atoms with Gasteiger partial charge in [0.1, 0.15) is 0 Å². The summed E-state index contributed by atoms with van der Waals surface area (Å²) in [7, 11) is -3.13. The minimum atomic E-state index is -3.13. The largest absolute Gasteiger partial charge is 0.378 e. The lowest BCUT2D eigenvalue weighted by Crippen LogP contribution is -2.44. The van der Waals surface area contributed by atoms with Crippen LogP contribution in [0.25, 0.3) is 0 Å². The molecule has 4 nitrogen and oxygen atoms in total. The second-order valence-corrected chi connectivity index (χ2v) is 6.63. The molecule has 102 valence electrons. The molecule has 0 heterocycles. The van der Waals surface area contributed by atoms with Gasteiger partial charge in [0.2, 0.25) is 0 Å². The first-order valence-electron chi connectivity index (χ1n) is 6.15. The maximum absolute atomic E-state index is 11.4. The molecule has 0 amide bonds. The topological polar surface area (TPSA) is 72.2 Å². The van der Waals surface area contributed by atoms with E-state index in [1.807, 2.05) is 0 Å². The Morgan fingerprint density at radius 3 is 2.00 bits per heavy atom. The van der Waals surface area contributed by atoms with E-state index < -0.39 is 9.84 Å². The second-order valence-electron chi connectivity index (χ2n) is 4.61. The van der Waals surface area contributed by atoms with Crippen LogP contribution in [0.5, 0.6) is 0 Å². The van der Waals surface area contributed by atoms with Crippen molar-refractivity contribution in [1.82, 2.24) is 0 Å². The van der Waals surface area contributed by atoms with Crippen molar-refractivity contribution in [1.29, 1.82) is 0 Å². The molecule has 0 aromatic heterocycles. The van der Waals surface area contributed by atoms with Crippen molar-refractivity contribution in [2.75, 3.05) is 18.1 Å². The van der Waals surface area contributed by atoms with Gasteiger partial charge < -0.3 is 11.1 Å². The highest BCUT2D eigenvalue weighted by atomic mass is 32.2. The molecule has 1 aromatic carbocycles. The first-order valence-corrected chi connectivity index (χ1v) is 8.04. The maximum Gasteiger partial charge on any atom is 0.175 e. The molecule has 0 atom stereocenters. The van der Waals surface area contributed by atoms with Gasteiger partial charge in [-0.15, -0.1) is 0 Å². The lowest BCUT2D eigenvalue weighted by Gasteiger charge is -2.32. The Morgan fingerprint density at radius 1 is 1.17 bits per heavy atom. The number of hydrogen-bond acceptors (Lipinski definition) is 4. The average Bonchev–Trinajstić information content (AvgIpc) is 2.36. The number of nitrogens with one attached hydrogen (secondary N) is 1. The summed E-state index contributed by atoms with van der Waals surface area (Å²) in [5.41, 5.74) is 6.60. The van der Waals surface area contributed by atoms with Gasteiger partial charge in [-0.1, -0.05) is 13.8 Å². The highest BCUT2D eigenvalue weighted by molar-refractivity contribution is 7.90. The van der Waals surface area contributed by atoms with Crippen molar-refractivity contribution in [3.05, 3.63) is 24.3 Å². The highest BCUT2D eigenvalue weighted by Gasteiger charge is 2.23. The van der Waals surface area contributed by atoms with Crippen LogP contribution in [-0.4, -0.2) is 26.8 Å². The summed E-state index contributed by atoms with van der Waals surface area (Å²) in [6.45, 7) is 4.73. The zero-order valence-electron chi connectivity index (χ0n) is 11.2. The lowest BCUT2D eigenvalue weighted by atomic mass is 9.92. The van der Waals surface area contributed by atoms with E-state index in [2.05, 4.69) is 19.2 Å². The molecule has 0 saturated carbocycles. The fourth-order valence-corrected chi connectivity index (χ4v) is 2.49. The Labute approximate surface area is 110 Å². The number of nitrogens with two attached hydrogens (primary N) is 1. The van der Waals surface area contributed by atoms with Crippen molar-refractivity contribution in [2.24, 2.45) is 5.73 Å². The molecule has 3 N–H and O–H groups in total. The fourth-order valence-electron chi connectivity index (χ4n) is 1.86. The Hall–Kier alpha value is -1.07. The summed E-state index contributed by atoms with van der Waals surface area (Å²) < 4.78 is 22.7. The molecular formula is C13H22N2O2S. The summed E-state index contributed by atoms with van der Waals surface area (Å²) in [6.07, 6.45) is 3.05. The molecule has 1 aromatic rings. The van der Waals surface area contributed by atoms with Gasteiger partial charge in [-0.05, 0) is 37.1 Å². The molecule has 1 rings (SSSR count). The van der Waals surface area contributed by atoms with Crippen LogP contribution >= 0.6 is 0 Å². The molecule has 0 aliphatic rings. The monoisotopic (exact) mass is 270 g/mol. The fraction of sp³-hybridized carbons (Fsp3) is 0.538. The van der Waals surface area contributed by atoms with Crippen molar-refractivity contribution in [2.45, 2.75) is 37.1 Å². The highest BCUT2D eigenvalue weighted by Crippen LogP contribution is 2.22. The third-order valence-corrected chi connectivity index (χ3v) is 4.56. The number of hydrogen-bond donors (Lipinski definition) is 2. The Kier molecular flexibility index (Phi) is 4.76. The van der Waals surface area contributed by atoms with E-state index in [1.54, 1.807) is 24.3 Å². The van der Waals surface area contributed by atoms with Crippen LogP contribution < -0.4 is 11.1 Å². The van der Waals surface area contributed by atoms with Gasteiger partial charge in [-0.2, -0.15) is 0 Å². The zero-order valence-corrected chi connectivity index (χ0v) is 12.0. The second kappa shape index (κ2) is 5.71. The normalized spacial score (nSPS) is 12.4. The molecular weight excluding hydrogens is 248 g/mol. The average molecular weight is 270 g/mol. The number of benzene rings is 1. The van der Waals surface area contributed by atoms with Crippen LogP contribution in [0.15, 0.2) is 29.2 Å². The van der Waals surface area contributed by atoms with Gasteiger partial charge in [0.25, 0.3) is 0 Å². The van der Waals surface area contributed by atoms with Crippen molar-refractivity contribution in [3.63, 3.8) is 0 Å². The molecule has 0 aliphatic carbocycles. The standard InChI is InChI=1S/C13H22N2O2S/c1-4-13(5-2,10-14)15-11-6-8-12(9-7-11)18(3,16)17/h6-9,15H,4-5,10,14H2,1-3H3. The minimum Gasteiger partial charge on any atom is -0.378 e. The van der Waals surface area contributed by atoms with E-state index in [1.165, 1.54) is 6.26 Å². The molecule has 0 unspecified atom stereocenters. The predicted molar refractivity (Wildman–Crippen MR) is 75.5 cm³/mol. The molecule has 18 heavy (non-hydrogen) atoms. The minimum absolute atomic E-state index is 0.118. The summed E-state index contributed by atoms with van der Waals surface area (Å²) >= 11 is 0. The SMILES string of the molecule is CCC(CC)(CN)Nc1ccc(S(C)(=O)=O)cc1. The van der Waals surface area contributed by atoms with Gasteiger partial charge in [-0.25, -0.2) is 8.42 Å². The molecule has 0 saturated heterocycles. The van der Waals surface area contributed by atoms with Crippen LogP contribution in [0, 0.1) is 0 Å². The third kappa shape index (κ3) is 3.46. The van der Waals surface area contributed by atoms with Gasteiger partial charge in [0.15, 0.2) is 9.84 Å². The smallest absolute Gasteiger partial charge is 0.175 e. The maximum atomic E-state index is 11.4. The number of anilines is 1. The molecule has 0 spiro atoms. The van der Waals surface area contributed by atoms with Crippen LogP contribution in [0.1, 0.15) is 26.7 Å². The predicted octanol–water partition coefficient (Wildman–Crippen LogP) is 2.02. The first-order chi connectivity index (χ1) is 8.37. The van der Waals surface area contributed by atoms with E-state index >= 15 is 0 Å². The lowest BCUT2D eigenvalue weighted by molar-refractivity contribution is 0.445. The first kappa shape index (κ1) is 15.0. The Balaban J connectivity index is 2.93. The van der Waals surface area contributed by atoms with Crippen LogP contribution in [-0.2, 0) is 9.84 Å². The van der Waals surface area contributed by atoms with Crippen LogP contribution in [0.2, 0.25) is 0 Å². The van der Waals surface area contributed by atoms with Gasteiger partial charge in [0, 0.05) is 24.0 Å². The van der Waals surface area contributed by atoms with E-state index in [9.17, 15) is 8.42 Å². The Bertz CT molecular complexity index is 468. The van der Waals surface area contributed by atoms with Crippen molar-refractivity contribution < 1.29 is 8.42 Å². The quantitative estimate of drug-likeness (QED) is 0.829. The Morgan fingerprint density at radius 2 is 1.67 bits per heavy atom. The van der Waals surface area contributed by atoms with Gasteiger partial charge in [-0.3, -0.25) is 0 Å². The molecule has 0 bridgehead atoms. The molecule has 0 aliphatic heterocycles. The van der Waals surface area contributed by atoms with E-state index in [4.69, 9.17) is 5.73 Å². The summed E-state index contributed by atoms with van der Waals surface area (Å²) in [4.78, 5) is 0.333. The van der Waals surface area contributed by atoms with E-state index in [-0.39, 0.29) is 5.54 Å². The number of sulfone groups is 1. The van der Waals surface area contributed by atoms with E-state index in [0.717, 1.165) is 18.5 Å². The van der Waals surface area contributed by atoms with Crippen LogP contribution in [0.3, 0.4) is 0 Å². The summed E-state index contributed by atoms with van der Waals surface area (Å²) in [6, 6.07) is 6.80. The third-order valence-electron chi connectivity index (χ3n) is 3.44. The zero-order chi connectivity index (χ0) is 13.8. The van der Waals surface area contributed by atoms with Crippen molar-refractivity contribution >= 4 is 15.5 Å². The van der Waals surface area contributed by atoms with E-state index in [0.29, 0.717) is 11.4 Å². The summed E-state index contributed by atoms with van der Waals surface area (Å²) in [5.74, 6) is 0. The molecule has 0 radical (unpaired) electrons. The molecule has 5 heteroatoms. The van der Waals surface area contributed by atoms with Gasteiger partial charge >= 0.3 is 0 Å². The van der Waals surface area contributed by atoms with Crippen molar-refractivity contribution in [3.8, 4) is 0 Å². The van der Waals surface area contributed by atoms with Crippen LogP contribution in [0.4, 0.5) is 5.69 Å². The number of rotatable bonds is 6. The van der Waals surface area contributed by atoms with Gasteiger partial charge in [0.05, 0.1) is 4.90 Å². The summed E-state index contributed by atoms with van der Waals surface area (Å²) in [5, 5.41) is 3.40. The molecule has 0 fully saturated rings.